The smallest absolute Gasteiger partial charge is 1.00 e. The molecule has 15 heteroatoms. The Bertz CT molecular complexity index is 104. The molecule has 0 atom stereocenters. The van der Waals surface area contributed by atoms with E-state index in [1.54, 1.807) is 0 Å². The minimum atomic E-state index is -5.17. The molecule has 0 fully saturated rings. The number of hydrogen-bond donors (Lipinski definition) is 0. The topological polar surface area (TPSA) is 301 Å². The van der Waals surface area contributed by atoms with Crippen LogP contribution in [0.15, 0.2) is 0 Å². The predicted octanol–water partition coefficient (Wildman–Crippen LogP) is -10.9. The fourth-order valence-corrected chi connectivity index (χ4v) is 0. The van der Waals surface area contributed by atoms with Gasteiger partial charge in [0.2, 0.25) is 0 Å². The number of rotatable bonds is 0. The van der Waals surface area contributed by atoms with Gasteiger partial charge in [-0.2, -0.15) is 0 Å². The van der Waals surface area contributed by atoms with Crippen molar-refractivity contribution in [2.45, 2.75) is 0 Å². The summed E-state index contributed by atoms with van der Waals surface area (Å²) in [7, 11) is -5.17. The summed E-state index contributed by atoms with van der Waals surface area (Å²) in [6.07, 6.45) is 0. The summed E-state index contributed by atoms with van der Waals surface area (Å²) < 4.78 is 34.1. The summed E-state index contributed by atoms with van der Waals surface area (Å²) in [4.78, 5) is 0. The Balaban J connectivity index is -0.00000000178. The first-order valence-corrected chi connectivity index (χ1v) is 2.00. The van der Waals surface area contributed by atoms with E-state index in [0.29, 0.717) is 0 Å². The van der Waals surface area contributed by atoms with Gasteiger partial charge in [0.1, 0.15) is 0 Å². The van der Waals surface area contributed by atoms with Crippen LogP contribution in [0.5, 0.6) is 0 Å². The second kappa shape index (κ2) is 56.5. The maximum absolute atomic E-state index is 8.52. The predicted molar refractivity (Wildman–Crippen MR) is 47.3 cm³/mol. The van der Waals surface area contributed by atoms with Crippen LogP contribution in [0.2, 0.25) is 0 Å². The molecule has 0 amide bonds. The van der Waals surface area contributed by atoms with E-state index >= 15 is 0 Å². The van der Waals surface area contributed by atoms with Gasteiger partial charge in [-0.05, 0) is 0 Å². The molecular formula is H14CaClMgO11S+. The van der Waals surface area contributed by atoms with Crippen molar-refractivity contribution in [2.24, 2.45) is 0 Å². The Labute approximate surface area is 138 Å². The zero-order valence-corrected chi connectivity index (χ0v) is 12.5. The summed E-state index contributed by atoms with van der Waals surface area (Å²) in [5, 5.41) is 0. The Morgan fingerprint density at radius 2 is 0.667 bits per heavy atom. The van der Waals surface area contributed by atoms with E-state index in [-0.39, 0.29) is 112 Å². The average Bonchev–Trinajstić information content (AvgIpc) is 0.722. The van der Waals surface area contributed by atoms with Crippen LogP contribution >= 0.6 is 0 Å². The zero-order chi connectivity index (χ0) is 4.50. The molecule has 0 aromatic rings. The molecule has 0 aliphatic carbocycles. The number of halogens is 1. The minimum absolute atomic E-state index is 0. The molecule has 96 valence electrons. The van der Waals surface area contributed by atoms with Gasteiger partial charge >= 0.3 is 60.8 Å². The van der Waals surface area contributed by atoms with Gasteiger partial charge in [-0.15, -0.1) is 0 Å². The normalized spacial score (nSPS) is 3.87. The molecular weight excluding hydrogens is 308 g/mol. The van der Waals surface area contributed by atoms with E-state index in [1.165, 1.54) is 0 Å². The third-order valence-corrected chi connectivity index (χ3v) is 0. The Kier molecular flexibility index (Phi) is 462. The number of hydrogen-bond acceptors (Lipinski definition) is 4. The summed E-state index contributed by atoms with van der Waals surface area (Å²) in [6.45, 7) is 0. The molecule has 0 aromatic heterocycles. The first kappa shape index (κ1) is 123. The van der Waals surface area contributed by atoms with Gasteiger partial charge in [-0.3, -0.25) is 8.42 Å². The molecule has 0 unspecified atom stereocenters. The summed E-state index contributed by atoms with van der Waals surface area (Å²) in [6, 6.07) is 0. The summed E-state index contributed by atoms with van der Waals surface area (Å²) in [5.41, 5.74) is 0. The Morgan fingerprint density at radius 3 is 0.667 bits per heavy atom. The molecule has 0 heterocycles. The molecule has 0 aromatic carbocycles. The van der Waals surface area contributed by atoms with E-state index in [4.69, 9.17) is 17.5 Å². The van der Waals surface area contributed by atoms with Crippen molar-refractivity contribution in [3.63, 3.8) is 0 Å². The SMILES string of the molecule is O.O.O.O.O.O.O.O=S(=O)([O-])[O-].[Ca+2].[Cl-].[Mg+2]. The molecule has 0 radical (unpaired) electrons. The summed E-state index contributed by atoms with van der Waals surface area (Å²) in [5.74, 6) is 0. The molecule has 15 heavy (non-hydrogen) atoms. The van der Waals surface area contributed by atoms with Crippen molar-refractivity contribution in [3.8, 4) is 0 Å². The van der Waals surface area contributed by atoms with Gasteiger partial charge in [0.05, 0.1) is 0 Å². The standard InChI is InChI=1S/Ca.ClH.Mg.H2O4S.7H2O/c;;;1-5(2,3)4;;;;;;;/h;1H;;(H2,1,2,3,4);7*1H2/q+2;;+2;;;;;;;;/p-3. The van der Waals surface area contributed by atoms with Crippen LogP contribution in [0.1, 0.15) is 0 Å². The van der Waals surface area contributed by atoms with Crippen LogP contribution in [0.3, 0.4) is 0 Å². The Hall–Kier alpha value is 1.91. The van der Waals surface area contributed by atoms with Gasteiger partial charge in [0.15, 0.2) is 0 Å². The second-order valence-electron chi connectivity index (χ2n) is 0.408. The van der Waals surface area contributed by atoms with Crippen LogP contribution < -0.4 is 12.4 Å². The molecule has 0 saturated heterocycles. The minimum Gasteiger partial charge on any atom is -1.00 e. The fourth-order valence-electron chi connectivity index (χ4n) is 0. The quantitative estimate of drug-likeness (QED) is 0.238. The molecule has 0 aliphatic heterocycles. The van der Waals surface area contributed by atoms with Crippen LogP contribution in [-0.4, -0.2) is 117 Å². The van der Waals surface area contributed by atoms with Crippen LogP contribution in [-0.2, 0) is 10.4 Å². The Morgan fingerprint density at radius 1 is 0.667 bits per heavy atom. The molecule has 0 saturated carbocycles. The van der Waals surface area contributed by atoms with Crippen molar-refractivity contribution in [3.05, 3.63) is 0 Å². The average molecular weight is 322 g/mol. The van der Waals surface area contributed by atoms with Gasteiger partial charge in [0, 0.05) is 10.4 Å². The van der Waals surface area contributed by atoms with Gasteiger partial charge in [-0.1, -0.05) is 0 Å². The fraction of sp³-hybridized carbons (Fsp3) is 0. The van der Waals surface area contributed by atoms with Crippen molar-refractivity contribution in [2.75, 3.05) is 0 Å². The third-order valence-electron chi connectivity index (χ3n) is 0. The van der Waals surface area contributed by atoms with Gasteiger partial charge in [-0.25, -0.2) is 0 Å². The second-order valence-corrected chi connectivity index (χ2v) is 1.22. The molecule has 0 bridgehead atoms. The molecule has 0 aliphatic rings. The van der Waals surface area contributed by atoms with E-state index in [1.807, 2.05) is 0 Å². The maximum atomic E-state index is 8.52. The van der Waals surface area contributed by atoms with E-state index in [9.17, 15) is 0 Å². The van der Waals surface area contributed by atoms with E-state index < -0.39 is 10.4 Å². The van der Waals surface area contributed by atoms with Gasteiger partial charge in [0.25, 0.3) is 0 Å². The van der Waals surface area contributed by atoms with Gasteiger partial charge < -0.3 is 59.8 Å². The van der Waals surface area contributed by atoms with Crippen LogP contribution in [0, 0.1) is 0 Å². The van der Waals surface area contributed by atoms with Crippen molar-refractivity contribution in [1.29, 1.82) is 0 Å². The van der Waals surface area contributed by atoms with E-state index in [0.717, 1.165) is 0 Å². The van der Waals surface area contributed by atoms with Crippen molar-refractivity contribution >= 4 is 71.2 Å². The molecule has 0 rings (SSSR count). The third kappa shape index (κ3) is 847. The monoisotopic (exact) mass is 321 g/mol. The summed E-state index contributed by atoms with van der Waals surface area (Å²) >= 11 is 0. The first-order valence-electron chi connectivity index (χ1n) is 0.667. The largest absolute Gasteiger partial charge is 2.00 e. The van der Waals surface area contributed by atoms with Crippen LogP contribution in [0.4, 0.5) is 0 Å². The van der Waals surface area contributed by atoms with Crippen molar-refractivity contribution in [1.82, 2.24) is 0 Å². The molecule has 14 N–H and O–H groups in total. The van der Waals surface area contributed by atoms with E-state index in [2.05, 4.69) is 0 Å². The van der Waals surface area contributed by atoms with Crippen LogP contribution in [0.25, 0.3) is 0 Å². The first-order chi connectivity index (χ1) is 2.00. The zero-order valence-electron chi connectivity index (χ0n) is 7.33. The van der Waals surface area contributed by atoms with Crippen molar-refractivity contribution < 1.29 is 68.3 Å². The molecule has 11 nitrogen and oxygen atoms in total. The maximum Gasteiger partial charge on any atom is 2.00 e. The molecule has 0 spiro atoms.